The van der Waals surface area contributed by atoms with Gasteiger partial charge in [0.1, 0.15) is 19.7 Å². The van der Waals surface area contributed by atoms with Crippen LogP contribution in [0.15, 0.2) is 48.5 Å². The van der Waals surface area contributed by atoms with E-state index in [0.29, 0.717) is 37.3 Å². The molecule has 0 saturated heterocycles. The maximum absolute atomic E-state index is 12.1. The van der Waals surface area contributed by atoms with Crippen molar-refractivity contribution in [2.45, 2.75) is 244 Å². The number of hydrogen-bond acceptors (Lipinski definition) is 10. The van der Waals surface area contributed by atoms with Crippen molar-refractivity contribution in [1.82, 2.24) is 4.90 Å². The van der Waals surface area contributed by atoms with Gasteiger partial charge in [0.25, 0.3) is 7.82 Å². The number of likely N-dealkylation sites (N-methyl/N-ethyl adjacent to an activating group) is 2. The van der Waals surface area contributed by atoms with Gasteiger partial charge < -0.3 is 39.7 Å². The van der Waals surface area contributed by atoms with Gasteiger partial charge in [0.15, 0.2) is 0 Å². The summed E-state index contributed by atoms with van der Waals surface area (Å²) >= 11 is 3.37. The minimum absolute atomic E-state index is 0. The fraction of sp³-hybridized carbons (Fsp3) is 0.800. The highest BCUT2D eigenvalue weighted by molar-refractivity contribution is 9.08. The summed E-state index contributed by atoms with van der Waals surface area (Å²) in [6, 6.07) is 16.5. The second-order valence-electron chi connectivity index (χ2n) is 21.7. The lowest BCUT2D eigenvalue weighted by Gasteiger charge is -2.31. The van der Waals surface area contributed by atoms with E-state index in [4.69, 9.17) is 29.6 Å². The van der Waals surface area contributed by atoms with E-state index in [2.05, 4.69) is 80.3 Å². The predicted molar refractivity (Wildman–Crippen MR) is 331 cm³/mol. The highest BCUT2D eigenvalue weighted by Gasteiger charge is 2.21. The molecule has 0 heterocycles. The number of unbranched alkanes of at least 4 members (excludes halogenated alkanes) is 30. The standard InChI is InChI=1S/C30H57N2O4P.C22H48NO4P.C8H10BrN.BrH/c1-4-5-6-7-8-9-10-11-12-13-14-15-16-17-18-19-25-35-37(33,34)36-26-24-32(2,3)28-30-22-20-29(27-31)21-23-30;1-4-5-6-7-8-9-10-11-12-13-14-15-16-17-18-19-21-26-28(24,25)27-22-20-23(2)3;9-5-7-1-3-8(6-10)4-2-7;/h20-23H,4-19,24-28,31H2,1-3H3;4-22H2,1-3H3,(H,24,25);1-4H,5-6,10H2;1H. The Bertz CT molecular complexity index is 1610. The Balaban J connectivity index is 0. The minimum Gasteiger partial charge on any atom is -0.756 e. The van der Waals surface area contributed by atoms with Crippen molar-refractivity contribution >= 4 is 48.6 Å². The molecular formula is C60H116Br2N4O8P2. The largest absolute Gasteiger partial charge is 0.756 e. The number of phosphoric acid groups is 2. The molecule has 0 saturated carbocycles. The van der Waals surface area contributed by atoms with Crippen LogP contribution in [-0.4, -0.2) is 82.0 Å². The number of phosphoric ester groups is 2. The summed E-state index contributed by atoms with van der Waals surface area (Å²) in [5, 5.41) is 0.915. The molecule has 2 atom stereocenters. The van der Waals surface area contributed by atoms with Crippen LogP contribution in [0.25, 0.3) is 0 Å². The molecule has 0 aliphatic carbocycles. The van der Waals surface area contributed by atoms with Gasteiger partial charge in [-0.15, -0.1) is 17.0 Å². The number of hydrogen-bond donors (Lipinski definition) is 3. The summed E-state index contributed by atoms with van der Waals surface area (Å²) in [5.41, 5.74) is 15.8. The van der Waals surface area contributed by atoms with E-state index >= 15 is 0 Å². The van der Waals surface area contributed by atoms with Crippen LogP contribution in [0, 0.1) is 0 Å². The molecule has 0 aliphatic heterocycles. The number of alkyl halides is 1. The van der Waals surface area contributed by atoms with Gasteiger partial charge >= 0.3 is 7.82 Å². The van der Waals surface area contributed by atoms with Crippen LogP contribution >= 0.6 is 48.6 Å². The molecule has 0 fully saturated rings. The van der Waals surface area contributed by atoms with Crippen molar-refractivity contribution < 1.29 is 41.5 Å². The zero-order valence-corrected chi connectivity index (χ0v) is 54.4. The van der Waals surface area contributed by atoms with Crippen molar-refractivity contribution in [3.05, 3.63) is 70.8 Å². The van der Waals surface area contributed by atoms with Crippen LogP contribution < -0.4 is 16.4 Å². The highest BCUT2D eigenvalue weighted by atomic mass is 79.9. The number of rotatable bonds is 49. The Morgan fingerprint density at radius 1 is 0.487 bits per heavy atom. The number of quaternary nitrogens is 1. The quantitative estimate of drug-likeness (QED) is 0.0249. The molecule has 0 amide bonds. The molecule has 76 heavy (non-hydrogen) atoms. The van der Waals surface area contributed by atoms with E-state index in [-0.39, 0.29) is 36.8 Å². The molecule has 2 rings (SSSR count). The van der Waals surface area contributed by atoms with Gasteiger partial charge in [0.05, 0.1) is 33.9 Å². The van der Waals surface area contributed by atoms with E-state index in [1.54, 1.807) is 0 Å². The van der Waals surface area contributed by atoms with Gasteiger partial charge in [0.2, 0.25) is 0 Å². The second kappa shape index (κ2) is 53.8. The third-order valence-corrected chi connectivity index (χ3v) is 16.2. The lowest BCUT2D eigenvalue weighted by Crippen LogP contribution is -2.41. The van der Waals surface area contributed by atoms with Crippen molar-refractivity contribution in [2.75, 3.05) is 67.7 Å². The second-order valence-corrected chi connectivity index (χ2v) is 25.1. The van der Waals surface area contributed by atoms with Crippen molar-refractivity contribution in [3.63, 3.8) is 0 Å². The van der Waals surface area contributed by atoms with Gasteiger partial charge in [-0.3, -0.25) is 13.6 Å². The SMILES string of the molecule is Br.CCCCCCCCCCCCCCCCCCOP(=O)(O)OCCN(C)C.CCCCCCCCCCCCCCCCCCOP(=O)([O-])OCC[N+](C)(C)Cc1ccc(CN)cc1.NCc1ccc(CBr)cc1. The highest BCUT2D eigenvalue weighted by Crippen LogP contribution is 2.43. The fourth-order valence-electron chi connectivity index (χ4n) is 8.59. The summed E-state index contributed by atoms with van der Waals surface area (Å²) in [6.07, 6.45) is 41.6. The van der Waals surface area contributed by atoms with Crippen molar-refractivity contribution in [3.8, 4) is 0 Å². The zero-order chi connectivity index (χ0) is 55.6. The predicted octanol–water partition coefficient (Wildman–Crippen LogP) is 17.0. The molecule has 0 aliphatic rings. The topological polar surface area (TPSA) is 170 Å². The summed E-state index contributed by atoms with van der Waals surface area (Å²) in [4.78, 5) is 23.5. The van der Waals surface area contributed by atoms with Gasteiger partial charge in [0, 0.05) is 30.5 Å². The van der Waals surface area contributed by atoms with E-state index in [0.717, 1.165) is 49.5 Å². The van der Waals surface area contributed by atoms with E-state index < -0.39 is 15.6 Å². The van der Waals surface area contributed by atoms with Crippen LogP contribution in [0.1, 0.15) is 242 Å². The van der Waals surface area contributed by atoms with Crippen LogP contribution in [0.5, 0.6) is 0 Å². The third kappa shape index (κ3) is 52.8. The van der Waals surface area contributed by atoms with Crippen LogP contribution in [0.3, 0.4) is 0 Å². The first kappa shape index (κ1) is 77.5. The normalized spacial score (nSPS) is 13.1. The Morgan fingerprint density at radius 3 is 1.11 bits per heavy atom. The maximum Gasteiger partial charge on any atom is 0.472 e. The Hall–Kier alpha value is -0.540. The van der Waals surface area contributed by atoms with Gasteiger partial charge in [-0.05, 0) is 43.6 Å². The summed E-state index contributed by atoms with van der Waals surface area (Å²) in [7, 11) is -0.191. The minimum atomic E-state index is -4.24. The summed E-state index contributed by atoms with van der Waals surface area (Å²) in [5.74, 6) is 0. The molecule has 0 bridgehead atoms. The Labute approximate surface area is 486 Å². The number of halogens is 2. The maximum atomic E-state index is 12.1. The fourth-order valence-corrected chi connectivity index (χ4v) is 10.4. The molecule has 12 nitrogen and oxygen atoms in total. The monoisotopic (exact) mass is 1240 g/mol. The molecular weight excluding hydrogens is 1130 g/mol. The first-order chi connectivity index (χ1) is 36.1. The van der Waals surface area contributed by atoms with Crippen LogP contribution in [-0.2, 0) is 52.2 Å². The average Bonchev–Trinajstić information content (AvgIpc) is 3.38. The van der Waals surface area contributed by atoms with Crippen molar-refractivity contribution in [2.24, 2.45) is 11.5 Å². The van der Waals surface area contributed by atoms with Gasteiger partial charge in [-0.25, -0.2) is 4.57 Å². The molecule has 5 N–H and O–H groups in total. The summed E-state index contributed by atoms with van der Waals surface area (Å²) < 4.78 is 44.4. The van der Waals surface area contributed by atoms with E-state index in [9.17, 15) is 18.9 Å². The molecule has 2 unspecified atom stereocenters. The molecule has 0 aromatic heterocycles. The molecule has 0 radical (unpaired) electrons. The van der Waals surface area contributed by atoms with Gasteiger partial charge in [-0.1, -0.05) is 271 Å². The van der Waals surface area contributed by atoms with E-state index in [1.165, 1.54) is 190 Å². The molecule has 16 heteroatoms. The first-order valence-electron chi connectivity index (χ1n) is 29.9. The molecule has 0 spiro atoms. The zero-order valence-electron chi connectivity index (χ0n) is 49.4. The molecule has 448 valence electrons. The molecule has 2 aromatic rings. The smallest absolute Gasteiger partial charge is 0.472 e. The van der Waals surface area contributed by atoms with Crippen molar-refractivity contribution in [1.29, 1.82) is 0 Å². The average molecular weight is 1240 g/mol. The Morgan fingerprint density at radius 2 is 0.776 bits per heavy atom. The lowest BCUT2D eigenvalue weighted by molar-refractivity contribution is -0.903. The summed E-state index contributed by atoms with van der Waals surface area (Å²) in [6.45, 7) is 8.51. The lowest BCUT2D eigenvalue weighted by atomic mass is 10.0. The number of nitrogens with zero attached hydrogens (tertiary/aromatic N) is 2. The molecule has 2 aromatic carbocycles. The number of nitrogens with two attached hydrogens (primary N) is 2. The van der Waals surface area contributed by atoms with Gasteiger partial charge in [-0.2, -0.15) is 0 Å². The third-order valence-electron chi connectivity index (χ3n) is 13.5. The van der Waals surface area contributed by atoms with Crippen LogP contribution in [0.4, 0.5) is 0 Å². The first-order valence-corrected chi connectivity index (χ1v) is 34.0. The number of benzene rings is 2. The van der Waals surface area contributed by atoms with Crippen LogP contribution in [0.2, 0.25) is 0 Å². The van der Waals surface area contributed by atoms with E-state index in [1.807, 2.05) is 31.1 Å². The Kier molecular flexibility index (Phi) is 54.8.